The van der Waals surface area contributed by atoms with Crippen molar-refractivity contribution in [2.24, 2.45) is 14.1 Å². The standard InChI is InChI=1S/C15H13N5O4S/c1-18-12-10(14(21)19(2)15(18)22)13(25-3)17-11(16-12)8-4-6-9(7-5-8)20(23)24/h4-7H,1-3H3. The van der Waals surface area contributed by atoms with Crippen LogP contribution in [0.3, 0.4) is 0 Å². The average molecular weight is 359 g/mol. The van der Waals surface area contributed by atoms with Crippen LogP contribution in [0.2, 0.25) is 0 Å². The van der Waals surface area contributed by atoms with Crippen molar-refractivity contribution in [3.05, 3.63) is 55.2 Å². The van der Waals surface area contributed by atoms with E-state index in [-0.39, 0.29) is 22.5 Å². The van der Waals surface area contributed by atoms with Crippen LogP contribution in [0.5, 0.6) is 0 Å². The first-order valence-electron chi connectivity index (χ1n) is 7.11. The van der Waals surface area contributed by atoms with Gasteiger partial charge in [0.1, 0.15) is 10.4 Å². The van der Waals surface area contributed by atoms with Crippen LogP contribution in [-0.2, 0) is 14.1 Å². The maximum Gasteiger partial charge on any atom is 0.332 e. The second kappa shape index (κ2) is 6.13. The zero-order chi connectivity index (χ0) is 18.3. The van der Waals surface area contributed by atoms with Gasteiger partial charge in [-0.15, -0.1) is 11.8 Å². The molecule has 0 unspecified atom stereocenters. The second-order valence-electron chi connectivity index (χ2n) is 5.26. The fraction of sp³-hybridized carbons (Fsp3) is 0.200. The van der Waals surface area contributed by atoms with Crippen molar-refractivity contribution >= 4 is 28.5 Å². The number of nitrogens with zero attached hydrogens (tertiary/aromatic N) is 5. The predicted octanol–water partition coefficient (Wildman–Crippen LogP) is 1.32. The van der Waals surface area contributed by atoms with E-state index in [9.17, 15) is 19.7 Å². The van der Waals surface area contributed by atoms with Gasteiger partial charge in [-0.1, -0.05) is 0 Å². The zero-order valence-corrected chi connectivity index (χ0v) is 14.4. The molecule has 128 valence electrons. The molecule has 0 atom stereocenters. The van der Waals surface area contributed by atoms with Gasteiger partial charge in [-0.05, 0) is 18.4 Å². The lowest BCUT2D eigenvalue weighted by Gasteiger charge is -2.10. The monoisotopic (exact) mass is 359 g/mol. The lowest BCUT2D eigenvalue weighted by atomic mass is 10.2. The number of non-ortho nitro benzene ring substituents is 1. The molecule has 0 amide bonds. The fourth-order valence-electron chi connectivity index (χ4n) is 2.44. The molecule has 0 aliphatic heterocycles. The molecule has 0 aliphatic carbocycles. The number of rotatable bonds is 3. The van der Waals surface area contributed by atoms with Crippen LogP contribution in [0.15, 0.2) is 38.9 Å². The van der Waals surface area contributed by atoms with Crippen LogP contribution >= 0.6 is 11.8 Å². The van der Waals surface area contributed by atoms with E-state index < -0.39 is 16.2 Å². The average Bonchev–Trinajstić information content (AvgIpc) is 2.63. The van der Waals surface area contributed by atoms with Crippen molar-refractivity contribution in [3.63, 3.8) is 0 Å². The van der Waals surface area contributed by atoms with Gasteiger partial charge in [-0.25, -0.2) is 14.8 Å². The van der Waals surface area contributed by atoms with E-state index >= 15 is 0 Å². The molecule has 3 aromatic rings. The Kier molecular flexibility index (Phi) is 4.13. The Morgan fingerprint density at radius 3 is 2.28 bits per heavy atom. The van der Waals surface area contributed by atoms with Gasteiger partial charge >= 0.3 is 5.69 Å². The van der Waals surface area contributed by atoms with E-state index in [4.69, 9.17) is 0 Å². The van der Waals surface area contributed by atoms with Gasteiger partial charge in [0.05, 0.1) is 4.92 Å². The van der Waals surface area contributed by atoms with E-state index in [1.54, 1.807) is 6.26 Å². The molecule has 25 heavy (non-hydrogen) atoms. The summed E-state index contributed by atoms with van der Waals surface area (Å²) in [5.74, 6) is 0.287. The number of nitro groups is 1. The topological polar surface area (TPSA) is 113 Å². The number of nitro benzene ring substituents is 1. The van der Waals surface area contributed by atoms with Crippen molar-refractivity contribution in [2.45, 2.75) is 5.03 Å². The number of thioether (sulfide) groups is 1. The number of hydrogen-bond donors (Lipinski definition) is 0. The highest BCUT2D eigenvalue weighted by Gasteiger charge is 2.17. The highest BCUT2D eigenvalue weighted by Crippen LogP contribution is 2.25. The van der Waals surface area contributed by atoms with Crippen LogP contribution in [0.4, 0.5) is 5.69 Å². The molecule has 10 heteroatoms. The van der Waals surface area contributed by atoms with Gasteiger partial charge in [-0.2, -0.15) is 0 Å². The number of aryl methyl sites for hydroxylation is 1. The van der Waals surface area contributed by atoms with Crippen LogP contribution in [0.25, 0.3) is 22.4 Å². The summed E-state index contributed by atoms with van der Waals surface area (Å²) in [5.41, 5.74) is -0.219. The Hall–Kier alpha value is -3.01. The molecule has 0 aliphatic rings. The summed E-state index contributed by atoms with van der Waals surface area (Å²) in [5, 5.41) is 11.5. The molecule has 1 aromatic carbocycles. The number of hydrogen-bond acceptors (Lipinski definition) is 7. The summed E-state index contributed by atoms with van der Waals surface area (Å²) in [7, 11) is 2.93. The van der Waals surface area contributed by atoms with Crippen LogP contribution in [-0.4, -0.2) is 30.3 Å². The smallest absolute Gasteiger partial charge is 0.280 e. The molecule has 3 rings (SSSR count). The summed E-state index contributed by atoms with van der Waals surface area (Å²) in [6.07, 6.45) is 1.77. The molecule has 2 aromatic heterocycles. The molecule has 9 nitrogen and oxygen atoms in total. The summed E-state index contributed by atoms with van der Waals surface area (Å²) in [4.78, 5) is 43.6. The lowest BCUT2D eigenvalue weighted by Crippen LogP contribution is -2.37. The van der Waals surface area contributed by atoms with Crippen molar-refractivity contribution in [1.29, 1.82) is 0 Å². The molecule has 0 saturated carbocycles. The number of aromatic nitrogens is 4. The molecule has 0 spiro atoms. The van der Waals surface area contributed by atoms with Gasteiger partial charge in [0.2, 0.25) is 0 Å². The van der Waals surface area contributed by atoms with Gasteiger partial charge in [-0.3, -0.25) is 24.0 Å². The maximum absolute atomic E-state index is 12.4. The maximum atomic E-state index is 12.4. The highest BCUT2D eigenvalue weighted by atomic mass is 32.2. The van der Waals surface area contributed by atoms with E-state index in [1.807, 2.05) is 0 Å². The van der Waals surface area contributed by atoms with E-state index in [2.05, 4.69) is 9.97 Å². The molecule has 0 radical (unpaired) electrons. The Bertz CT molecular complexity index is 1120. The quantitative estimate of drug-likeness (QED) is 0.300. The summed E-state index contributed by atoms with van der Waals surface area (Å²) < 4.78 is 2.30. The van der Waals surface area contributed by atoms with Crippen molar-refractivity contribution in [1.82, 2.24) is 19.1 Å². The second-order valence-corrected chi connectivity index (χ2v) is 6.06. The summed E-state index contributed by atoms with van der Waals surface area (Å²) >= 11 is 1.26. The fourth-order valence-corrected chi connectivity index (χ4v) is 3.00. The van der Waals surface area contributed by atoms with E-state index in [1.165, 1.54) is 54.7 Å². The van der Waals surface area contributed by atoms with E-state index in [0.29, 0.717) is 10.6 Å². The minimum absolute atomic E-state index is 0.0455. The predicted molar refractivity (Wildman–Crippen MR) is 93.9 cm³/mol. The lowest BCUT2D eigenvalue weighted by molar-refractivity contribution is -0.384. The van der Waals surface area contributed by atoms with Gasteiger partial charge in [0, 0.05) is 31.8 Å². The Morgan fingerprint density at radius 1 is 1.08 bits per heavy atom. The molecule has 0 saturated heterocycles. The first-order valence-corrected chi connectivity index (χ1v) is 8.34. The van der Waals surface area contributed by atoms with Crippen molar-refractivity contribution < 1.29 is 4.92 Å². The van der Waals surface area contributed by atoms with E-state index in [0.717, 1.165) is 4.57 Å². The third kappa shape index (κ3) is 2.70. The largest absolute Gasteiger partial charge is 0.332 e. The number of benzene rings is 1. The molecule has 0 fully saturated rings. The minimum atomic E-state index is -0.494. The molecular weight excluding hydrogens is 346 g/mol. The van der Waals surface area contributed by atoms with Crippen molar-refractivity contribution in [3.8, 4) is 11.4 Å². The third-order valence-corrected chi connectivity index (χ3v) is 4.48. The third-order valence-electron chi connectivity index (χ3n) is 3.80. The first kappa shape index (κ1) is 16.8. The number of fused-ring (bicyclic) bond motifs is 1. The van der Waals surface area contributed by atoms with Gasteiger partial charge in [0.25, 0.3) is 11.2 Å². The molecule has 2 heterocycles. The van der Waals surface area contributed by atoms with Gasteiger partial charge in [0.15, 0.2) is 11.5 Å². The summed E-state index contributed by atoms with van der Waals surface area (Å²) in [6.45, 7) is 0. The Morgan fingerprint density at radius 2 is 1.72 bits per heavy atom. The molecule has 0 N–H and O–H groups in total. The Labute approximate surface area is 145 Å². The zero-order valence-electron chi connectivity index (χ0n) is 13.6. The Balaban J connectivity index is 2.33. The SMILES string of the molecule is CSc1nc(-c2ccc([N+](=O)[O-])cc2)nc2c1c(=O)n(C)c(=O)n2C. The minimum Gasteiger partial charge on any atom is -0.280 e. The van der Waals surface area contributed by atoms with Gasteiger partial charge < -0.3 is 0 Å². The molecule has 0 bridgehead atoms. The van der Waals surface area contributed by atoms with Crippen molar-refractivity contribution in [2.75, 3.05) is 6.26 Å². The van der Waals surface area contributed by atoms with Crippen LogP contribution < -0.4 is 11.2 Å². The van der Waals surface area contributed by atoms with Crippen LogP contribution in [0.1, 0.15) is 0 Å². The normalized spacial score (nSPS) is 11.0. The summed E-state index contributed by atoms with van der Waals surface area (Å²) in [6, 6.07) is 5.76. The highest BCUT2D eigenvalue weighted by molar-refractivity contribution is 7.98. The van der Waals surface area contributed by atoms with Crippen LogP contribution in [0, 0.1) is 10.1 Å². The first-order chi connectivity index (χ1) is 11.8. The molecular formula is C15H13N5O4S.